The summed E-state index contributed by atoms with van der Waals surface area (Å²) in [5, 5.41) is 2.69. The Morgan fingerprint density at radius 2 is 1.61 bits per heavy atom. The SMILES string of the molecule is C/C(=C\C1CCCC(=O)C1)CCCO[Si](c1ccccc1)(c1ccccc1)C(C)(C)C. The predicted octanol–water partition coefficient (Wildman–Crippen LogP) is 6.05. The van der Waals surface area contributed by atoms with Crippen LogP contribution < -0.4 is 10.4 Å². The van der Waals surface area contributed by atoms with Gasteiger partial charge < -0.3 is 4.43 Å². The van der Waals surface area contributed by atoms with E-state index in [0.29, 0.717) is 11.7 Å². The first-order valence-corrected chi connectivity index (χ1v) is 13.7. The lowest BCUT2D eigenvalue weighted by atomic mass is 9.87. The first-order valence-electron chi connectivity index (χ1n) is 11.8. The fourth-order valence-electron chi connectivity index (χ4n) is 5.02. The van der Waals surface area contributed by atoms with Gasteiger partial charge in [-0.15, -0.1) is 0 Å². The van der Waals surface area contributed by atoms with Gasteiger partial charge in [0.2, 0.25) is 0 Å². The Kier molecular flexibility index (Phi) is 8.07. The molecule has 0 spiro atoms. The average molecular weight is 435 g/mol. The van der Waals surface area contributed by atoms with E-state index in [2.05, 4.69) is 94.4 Å². The molecule has 2 aromatic rings. The second kappa shape index (κ2) is 10.6. The van der Waals surface area contributed by atoms with Crippen LogP contribution in [0.5, 0.6) is 0 Å². The summed E-state index contributed by atoms with van der Waals surface area (Å²) in [7, 11) is -2.44. The van der Waals surface area contributed by atoms with E-state index in [-0.39, 0.29) is 5.04 Å². The van der Waals surface area contributed by atoms with Gasteiger partial charge in [0.05, 0.1) is 0 Å². The average Bonchev–Trinajstić information content (AvgIpc) is 2.74. The van der Waals surface area contributed by atoms with E-state index in [9.17, 15) is 4.79 Å². The normalized spacial score (nSPS) is 18.3. The second-order valence-corrected chi connectivity index (χ2v) is 14.3. The lowest BCUT2D eigenvalue weighted by molar-refractivity contribution is -0.121. The third kappa shape index (κ3) is 5.84. The summed E-state index contributed by atoms with van der Waals surface area (Å²) in [5.74, 6) is 0.870. The standard InChI is InChI=1S/C28H38O2Si/c1-23(21-24-14-11-15-25(29)22-24)13-12-20-30-31(28(2,3)4,26-16-7-5-8-17-26)27-18-9-6-10-19-27/h5-10,16-19,21,24H,11-15,20,22H2,1-4H3/b23-21+. The Labute approximate surface area is 189 Å². The maximum Gasteiger partial charge on any atom is 0.261 e. The third-order valence-electron chi connectivity index (χ3n) is 6.49. The van der Waals surface area contributed by atoms with Crippen molar-refractivity contribution in [1.29, 1.82) is 0 Å². The molecule has 1 unspecified atom stereocenters. The van der Waals surface area contributed by atoms with Crippen LogP contribution in [0.2, 0.25) is 5.04 Å². The molecule has 2 aromatic carbocycles. The van der Waals surface area contributed by atoms with Gasteiger partial charge in [0.15, 0.2) is 0 Å². The largest absolute Gasteiger partial charge is 0.407 e. The molecule has 0 bridgehead atoms. The Hall–Kier alpha value is -1.97. The van der Waals surface area contributed by atoms with Gasteiger partial charge in [0.25, 0.3) is 8.32 Å². The van der Waals surface area contributed by atoms with E-state index in [4.69, 9.17) is 4.43 Å². The molecular weight excluding hydrogens is 396 g/mol. The minimum atomic E-state index is -2.44. The number of carbonyl (C=O) groups excluding carboxylic acids is 1. The van der Waals surface area contributed by atoms with Crippen LogP contribution in [-0.2, 0) is 9.22 Å². The molecule has 1 saturated carbocycles. The van der Waals surface area contributed by atoms with E-state index in [1.165, 1.54) is 15.9 Å². The van der Waals surface area contributed by atoms with Gasteiger partial charge in [-0.25, -0.2) is 0 Å². The number of ketones is 1. The molecule has 1 atom stereocenters. The van der Waals surface area contributed by atoms with Gasteiger partial charge in [-0.05, 0) is 53.9 Å². The number of hydrogen-bond donors (Lipinski definition) is 0. The van der Waals surface area contributed by atoms with Crippen LogP contribution in [0.1, 0.15) is 66.2 Å². The van der Waals surface area contributed by atoms with E-state index < -0.39 is 8.32 Å². The smallest absolute Gasteiger partial charge is 0.261 e. The van der Waals surface area contributed by atoms with Crippen molar-refractivity contribution in [2.45, 2.75) is 71.3 Å². The third-order valence-corrected chi connectivity index (χ3v) is 11.5. The first kappa shape index (κ1) is 23.7. The number of rotatable bonds is 8. The van der Waals surface area contributed by atoms with Crippen molar-refractivity contribution in [2.75, 3.05) is 6.61 Å². The highest BCUT2D eigenvalue weighted by atomic mass is 28.4. The highest BCUT2D eigenvalue weighted by molar-refractivity contribution is 6.99. The Balaban J connectivity index is 1.75. The first-order chi connectivity index (χ1) is 14.8. The molecule has 0 N–H and O–H groups in total. The molecule has 0 heterocycles. The van der Waals surface area contributed by atoms with Crippen LogP contribution in [0.4, 0.5) is 0 Å². The fraction of sp³-hybridized carbons (Fsp3) is 0.464. The number of benzene rings is 2. The van der Waals surface area contributed by atoms with Gasteiger partial charge in [-0.3, -0.25) is 4.79 Å². The number of Topliss-reactive ketones (excluding diaryl/α,β-unsaturated/α-hetero) is 1. The van der Waals surface area contributed by atoms with Crippen LogP contribution in [0.25, 0.3) is 0 Å². The summed E-state index contributed by atoms with van der Waals surface area (Å²) in [4.78, 5) is 11.7. The Morgan fingerprint density at radius 1 is 1.03 bits per heavy atom. The highest BCUT2D eigenvalue weighted by Crippen LogP contribution is 2.37. The van der Waals surface area contributed by atoms with Gasteiger partial charge >= 0.3 is 0 Å². The van der Waals surface area contributed by atoms with Crippen molar-refractivity contribution in [3.63, 3.8) is 0 Å². The zero-order chi connectivity index (χ0) is 22.3. The van der Waals surface area contributed by atoms with Crippen molar-refractivity contribution in [2.24, 2.45) is 5.92 Å². The molecule has 3 heteroatoms. The van der Waals surface area contributed by atoms with E-state index in [1.807, 2.05) is 0 Å². The van der Waals surface area contributed by atoms with Crippen molar-refractivity contribution in [3.05, 3.63) is 72.3 Å². The Morgan fingerprint density at radius 3 is 2.13 bits per heavy atom. The summed E-state index contributed by atoms with van der Waals surface area (Å²) >= 11 is 0. The second-order valence-electron chi connectivity index (χ2n) is 10.0. The predicted molar refractivity (Wildman–Crippen MR) is 134 cm³/mol. The van der Waals surface area contributed by atoms with Crippen molar-refractivity contribution < 1.29 is 9.22 Å². The zero-order valence-electron chi connectivity index (χ0n) is 19.7. The summed E-state index contributed by atoms with van der Waals surface area (Å²) < 4.78 is 6.98. The zero-order valence-corrected chi connectivity index (χ0v) is 20.7. The molecular formula is C28H38O2Si. The fourth-order valence-corrected chi connectivity index (χ4v) is 9.63. The Bertz CT molecular complexity index is 825. The summed E-state index contributed by atoms with van der Waals surface area (Å²) in [6.07, 6.45) is 8.09. The topological polar surface area (TPSA) is 26.3 Å². The van der Waals surface area contributed by atoms with Crippen LogP contribution in [-0.4, -0.2) is 20.7 Å². The summed E-state index contributed by atoms with van der Waals surface area (Å²) in [5.41, 5.74) is 1.39. The number of hydrogen-bond acceptors (Lipinski definition) is 2. The molecule has 166 valence electrons. The quantitative estimate of drug-likeness (QED) is 0.287. The maximum absolute atomic E-state index is 11.7. The van der Waals surface area contributed by atoms with Gasteiger partial charge in [-0.2, -0.15) is 0 Å². The van der Waals surface area contributed by atoms with Crippen LogP contribution in [0.15, 0.2) is 72.3 Å². The molecule has 31 heavy (non-hydrogen) atoms. The van der Waals surface area contributed by atoms with Crippen molar-refractivity contribution in [1.82, 2.24) is 0 Å². The number of carbonyl (C=O) groups is 1. The van der Waals surface area contributed by atoms with Crippen LogP contribution in [0, 0.1) is 5.92 Å². The molecule has 1 aliphatic rings. The van der Waals surface area contributed by atoms with Crippen molar-refractivity contribution in [3.8, 4) is 0 Å². The molecule has 0 amide bonds. The lowest BCUT2D eigenvalue weighted by Gasteiger charge is -2.43. The molecule has 0 radical (unpaired) electrons. The van der Waals surface area contributed by atoms with Gasteiger partial charge in [0.1, 0.15) is 5.78 Å². The van der Waals surface area contributed by atoms with E-state index >= 15 is 0 Å². The van der Waals surface area contributed by atoms with Crippen LogP contribution >= 0.6 is 0 Å². The molecule has 0 aliphatic heterocycles. The maximum atomic E-state index is 11.7. The monoisotopic (exact) mass is 434 g/mol. The molecule has 1 aliphatic carbocycles. The van der Waals surface area contributed by atoms with Gasteiger partial charge in [-0.1, -0.05) is 93.1 Å². The molecule has 0 aromatic heterocycles. The summed E-state index contributed by atoms with van der Waals surface area (Å²) in [6, 6.07) is 21.7. The molecule has 1 fully saturated rings. The van der Waals surface area contributed by atoms with Crippen LogP contribution in [0.3, 0.4) is 0 Å². The lowest BCUT2D eigenvalue weighted by Crippen LogP contribution is -2.66. The van der Waals surface area contributed by atoms with E-state index in [1.54, 1.807) is 0 Å². The van der Waals surface area contributed by atoms with E-state index in [0.717, 1.165) is 45.1 Å². The molecule has 2 nitrogen and oxygen atoms in total. The van der Waals surface area contributed by atoms with Gasteiger partial charge in [0, 0.05) is 19.4 Å². The molecule has 0 saturated heterocycles. The summed E-state index contributed by atoms with van der Waals surface area (Å²) in [6.45, 7) is 9.93. The minimum absolute atomic E-state index is 0.0169. The van der Waals surface area contributed by atoms with Crippen molar-refractivity contribution >= 4 is 24.5 Å². The highest BCUT2D eigenvalue weighted by Gasteiger charge is 2.49. The molecule has 3 rings (SSSR count). The minimum Gasteiger partial charge on any atom is -0.407 e. The number of allylic oxidation sites excluding steroid dienone is 2.